The van der Waals surface area contributed by atoms with E-state index in [0.717, 1.165) is 32.4 Å². The number of halogens is 2. The molecule has 1 heterocycles. The van der Waals surface area contributed by atoms with E-state index < -0.39 is 11.7 Å². The molecule has 5 heteroatoms. The van der Waals surface area contributed by atoms with Gasteiger partial charge in [-0.05, 0) is 44.5 Å². The fraction of sp³-hybridized carbons (Fsp3) is 0.462. The van der Waals surface area contributed by atoms with Crippen molar-refractivity contribution >= 4 is 17.5 Å². The van der Waals surface area contributed by atoms with Crippen LogP contribution in [0.4, 0.5) is 4.39 Å². The predicted molar refractivity (Wildman–Crippen MR) is 69.4 cm³/mol. The molecule has 2 N–H and O–H groups in total. The summed E-state index contributed by atoms with van der Waals surface area (Å²) >= 11 is 5.86. The van der Waals surface area contributed by atoms with Crippen molar-refractivity contribution in [2.24, 2.45) is 0 Å². The normalized spacial score (nSPS) is 20.2. The first kappa shape index (κ1) is 13.3. The molecule has 1 aromatic carbocycles. The van der Waals surface area contributed by atoms with Crippen molar-refractivity contribution in [3.63, 3.8) is 0 Å². The smallest absolute Gasteiger partial charge is 0.255 e. The maximum absolute atomic E-state index is 13.6. The summed E-state index contributed by atoms with van der Waals surface area (Å²) in [6, 6.07) is 4.34. The van der Waals surface area contributed by atoms with E-state index >= 15 is 0 Å². The van der Waals surface area contributed by atoms with Crippen LogP contribution in [0.3, 0.4) is 0 Å². The molecule has 3 nitrogen and oxygen atoms in total. The molecule has 1 fully saturated rings. The van der Waals surface area contributed by atoms with Gasteiger partial charge in [-0.15, -0.1) is 0 Å². The molecule has 1 aromatic rings. The molecule has 0 spiro atoms. The first-order valence-electron chi connectivity index (χ1n) is 6.14. The molecule has 98 valence electrons. The highest BCUT2D eigenvalue weighted by molar-refractivity contribution is 6.33. The Labute approximate surface area is 111 Å². The van der Waals surface area contributed by atoms with Crippen molar-refractivity contribution in [2.45, 2.75) is 25.3 Å². The highest BCUT2D eigenvalue weighted by Gasteiger charge is 2.20. The summed E-state index contributed by atoms with van der Waals surface area (Å²) in [6.07, 6.45) is 2.78. The Kier molecular flexibility index (Phi) is 4.55. The molecule has 1 aliphatic heterocycles. The van der Waals surface area contributed by atoms with E-state index in [0.29, 0.717) is 0 Å². The van der Waals surface area contributed by atoms with E-state index in [9.17, 15) is 9.18 Å². The average Bonchev–Trinajstić information content (AvgIpc) is 2.57. The number of carbonyl (C=O) groups is 1. The van der Waals surface area contributed by atoms with Crippen LogP contribution in [0, 0.1) is 5.82 Å². The largest absolute Gasteiger partial charge is 0.349 e. The number of hydrogen-bond acceptors (Lipinski definition) is 2. The van der Waals surface area contributed by atoms with Gasteiger partial charge in [0.2, 0.25) is 0 Å². The van der Waals surface area contributed by atoms with E-state index in [1.54, 1.807) is 0 Å². The number of nitrogens with one attached hydrogen (secondary N) is 2. The van der Waals surface area contributed by atoms with Crippen LogP contribution in [0.1, 0.15) is 29.6 Å². The number of amides is 1. The summed E-state index contributed by atoms with van der Waals surface area (Å²) in [5.74, 6) is -1.00. The molecule has 18 heavy (non-hydrogen) atoms. The Morgan fingerprint density at radius 2 is 2.22 bits per heavy atom. The molecule has 1 atom stereocenters. The van der Waals surface area contributed by atoms with Gasteiger partial charge in [0.25, 0.3) is 5.91 Å². The minimum atomic E-state index is -0.577. The van der Waals surface area contributed by atoms with Crippen LogP contribution in [0.2, 0.25) is 5.02 Å². The maximum Gasteiger partial charge on any atom is 0.255 e. The Hall–Kier alpha value is -1.13. The molecule has 1 unspecified atom stereocenters. The van der Waals surface area contributed by atoms with Gasteiger partial charge in [0, 0.05) is 6.04 Å². The van der Waals surface area contributed by atoms with E-state index in [-0.39, 0.29) is 16.6 Å². The second kappa shape index (κ2) is 6.16. The van der Waals surface area contributed by atoms with E-state index in [1.165, 1.54) is 18.2 Å². The number of benzene rings is 1. The molecule has 1 amide bonds. The molecular formula is C13H16ClFN2O. The van der Waals surface area contributed by atoms with Crippen LogP contribution in [0.15, 0.2) is 18.2 Å². The fourth-order valence-electron chi connectivity index (χ4n) is 2.14. The van der Waals surface area contributed by atoms with Gasteiger partial charge in [-0.25, -0.2) is 4.39 Å². The summed E-state index contributed by atoms with van der Waals surface area (Å²) in [4.78, 5) is 12.0. The lowest BCUT2D eigenvalue weighted by molar-refractivity contribution is 0.0930. The third-order valence-corrected chi connectivity index (χ3v) is 3.42. The zero-order valence-corrected chi connectivity index (χ0v) is 10.8. The highest BCUT2D eigenvalue weighted by atomic mass is 35.5. The van der Waals surface area contributed by atoms with Crippen LogP contribution in [-0.2, 0) is 0 Å². The highest BCUT2D eigenvalue weighted by Crippen LogP contribution is 2.19. The van der Waals surface area contributed by atoms with E-state index in [1.807, 2.05) is 0 Å². The monoisotopic (exact) mass is 270 g/mol. The Balaban J connectivity index is 2.07. The molecule has 0 aromatic heterocycles. The lowest BCUT2D eigenvalue weighted by Crippen LogP contribution is -2.36. The van der Waals surface area contributed by atoms with E-state index in [4.69, 9.17) is 11.6 Å². The second-order valence-electron chi connectivity index (χ2n) is 4.45. The second-order valence-corrected chi connectivity index (χ2v) is 4.86. The minimum Gasteiger partial charge on any atom is -0.349 e. The topological polar surface area (TPSA) is 41.1 Å². The Morgan fingerprint density at radius 3 is 3.00 bits per heavy atom. The zero-order valence-electron chi connectivity index (χ0n) is 10.0. The summed E-state index contributed by atoms with van der Waals surface area (Å²) < 4.78 is 13.6. The SMILES string of the molecule is O=C(NC1CCCNCC1)c1c(F)cccc1Cl. The summed E-state index contributed by atoms with van der Waals surface area (Å²) in [7, 11) is 0. The molecule has 0 aliphatic carbocycles. The fourth-order valence-corrected chi connectivity index (χ4v) is 2.38. The van der Waals surface area contributed by atoms with Crippen LogP contribution < -0.4 is 10.6 Å². The number of hydrogen-bond donors (Lipinski definition) is 2. The van der Waals surface area contributed by atoms with Crippen molar-refractivity contribution < 1.29 is 9.18 Å². The third kappa shape index (κ3) is 3.21. The number of rotatable bonds is 2. The van der Waals surface area contributed by atoms with Gasteiger partial charge >= 0.3 is 0 Å². The van der Waals surface area contributed by atoms with Crippen molar-refractivity contribution in [2.75, 3.05) is 13.1 Å². The number of carbonyl (C=O) groups excluding carboxylic acids is 1. The van der Waals surface area contributed by atoms with Gasteiger partial charge in [0.1, 0.15) is 5.82 Å². The molecule has 0 saturated carbocycles. The third-order valence-electron chi connectivity index (χ3n) is 3.10. The Bertz CT molecular complexity index is 411. The average molecular weight is 271 g/mol. The Morgan fingerprint density at radius 1 is 1.39 bits per heavy atom. The van der Waals surface area contributed by atoms with Crippen molar-refractivity contribution in [3.8, 4) is 0 Å². The van der Waals surface area contributed by atoms with Crippen LogP contribution in [0.5, 0.6) is 0 Å². The maximum atomic E-state index is 13.6. The predicted octanol–water partition coefficient (Wildman–Crippen LogP) is 2.35. The summed E-state index contributed by atoms with van der Waals surface area (Å²) in [6.45, 7) is 1.84. The molecule has 2 rings (SSSR count). The van der Waals surface area contributed by atoms with Gasteiger partial charge in [-0.1, -0.05) is 17.7 Å². The van der Waals surface area contributed by atoms with Crippen LogP contribution in [0.25, 0.3) is 0 Å². The van der Waals surface area contributed by atoms with Crippen molar-refractivity contribution in [1.82, 2.24) is 10.6 Å². The summed E-state index contributed by atoms with van der Waals surface area (Å²) in [5.41, 5.74) is -0.0589. The molecule has 1 saturated heterocycles. The molecule has 1 aliphatic rings. The first-order chi connectivity index (χ1) is 8.68. The minimum absolute atomic E-state index is 0.0589. The summed E-state index contributed by atoms with van der Waals surface area (Å²) in [5, 5.41) is 6.27. The van der Waals surface area contributed by atoms with Crippen LogP contribution >= 0.6 is 11.6 Å². The lowest BCUT2D eigenvalue weighted by Gasteiger charge is -2.16. The molecule has 0 bridgehead atoms. The van der Waals surface area contributed by atoms with Gasteiger partial charge in [0.05, 0.1) is 10.6 Å². The lowest BCUT2D eigenvalue weighted by atomic mass is 10.1. The van der Waals surface area contributed by atoms with Crippen LogP contribution in [-0.4, -0.2) is 25.0 Å². The molecular weight excluding hydrogens is 255 g/mol. The standard InChI is InChI=1S/C13H16ClFN2O/c14-10-4-1-5-11(15)12(10)13(18)17-9-3-2-7-16-8-6-9/h1,4-5,9,16H,2-3,6-8H2,(H,17,18). The molecule has 0 radical (unpaired) electrons. The zero-order chi connectivity index (χ0) is 13.0. The van der Waals surface area contributed by atoms with Gasteiger partial charge in [0.15, 0.2) is 0 Å². The van der Waals surface area contributed by atoms with Crippen molar-refractivity contribution in [3.05, 3.63) is 34.6 Å². The van der Waals surface area contributed by atoms with E-state index in [2.05, 4.69) is 10.6 Å². The van der Waals surface area contributed by atoms with Crippen molar-refractivity contribution in [1.29, 1.82) is 0 Å². The van der Waals surface area contributed by atoms with Gasteiger partial charge in [-0.2, -0.15) is 0 Å². The first-order valence-corrected chi connectivity index (χ1v) is 6.52. The van der Waals surface area contributed by atoms with Gasteiger partial charge < -0.3 is 10.6 Å². The quantitative estimate of drug-likeness (QED) is 0.866. The van der Waals surface area contributed by atoms with Gasteiger partial charge in [-0.3, -0.25) is 4.79 Å².